The van der Waals surface area contributed by atoms with Gasteiger partial charge in [-0.25, -0.2) is 0 Å². The molecule has 3 heterocycles. The van der Waals surface area contributed by atoms with Gasteiger partial charge in [0.15, 0.2) is 0 Å². The van der Waals surface area contributed by atoms with Gasteiger partial charge in [0.25, 0.3) is 0 Å². The van der Waals surface area contributed by atoms with Gasteiger partial charge in [0, 0.05) is 75.9 Å². The van der Waals surface area contributed by atoms with E-state index in [-0.39, 0.29) is 0 Å². The lowest BCUT2D eigenvalue weighted by atomic mass is 9.75. The minimum atomic E-state index is 0.855. The number of rotatable bonds is 4. The van der Waals surface area contributed by atoms with Crippen LogP contribution in [-0.2, 0) is 0 Å². The minimum absolute atomic E-state index is 0.855. The van der Waals surface area contributed by atoms with Gasteiger partial charge in [0.05, 0.1) is 11.4 Å². The zero-order chi connectivity index (χ0) is 43.3. The zero-order valence-corrected chi connectivity index (χ0v) is 37.5. The number of nitrogens with zero attached hydrogens (tertiary/aromatic N) is 2. The van der Waals surface area contributed by atoms with Crippen LogP contribution in [0.3, 0.4) is 0 Å². The summed E-state index contributed by atoms with van der Waals surface area (Å²) < 4.78 is 5.26. The van der Waals surface area contributed by atoms with Crippen molar-refractivity contribution in [2.24, 2.45) is 0 Å². The molecule has 0 saturated heterocycles. The molecule has 10 aromatic carbocycles. The van der Waals surface area contributed by atoms with Crippen LogP contribution < -0.4 is 9.80 Å². The van der Waals surface area contributed by atoms with E-state index in [1.807, 2.05) is 22.7 Å². The van der Waals surface area contributed by atoms with E-state index < -0.39 is 0 Å². The normalized spacial score (nSPS) is 13.0. The highest BCUT2D eigenvalue weighted by Gasteiger charge is 2.32. The lowest BCUT2D eigenvalue weighted by molar-refractivity contribution is 0.850. The number of para-hydroxylation sites is 2. The minimum Gasteiger partial charge on any atom is -0.338 e. The second-order valence-electron chi connectivity index (χ2n) is 17.4. The molecule has 1 aliphatic heterocycles. The van der Waals surface area contributed by atoms with Gasteiger partial charge in [-0.15, -0.1) is 22.7 Å². The maximum absolute atomic E-state index is 2.53. The van der Waals surface area contributed by atoms with Gasteiger partial charge in [0.2, 0.25) is 0 Å². The number of thiophene rings is 2. The fourth-order valence-corrected chi connectivity index (χ4v) is 13.5. The lowest BCUT2D eigenvalue weighted by Gasteiger charge is -2.40. The summed E-state index contributed by atoms with van der Waals surface area (Å²) in [7, 11) is 0. The average Bonchev–Trinajstić information content (AvgIpc) is 3.97. The van der Waals surface area contributed by atoms with Gasteiger partial charge in [-0.3, -0.25) is 0 Å². The SMILES string of the molecule is c1ccc(N2CCN(c3ccccc3)c3cc4c(cc32)-c2ccccc2-c2cccc(-c3cccc5c3sc3ccccc35)c2-c2c-4cccc2-c2cccc3c2sc2ccccc23)cc1. The number of anilines is 4. The Labute approximate surface area is 391 Å². The van der Waals surface area contributed by atoms with Crippen LogP contribution in [-0.4, -0.2) is 13.1 Å². The highest BCUT2D eigenvalue weighted by molar-refractivity contribution is 7.26. The molecule has 0 atom stereocenters. The third-order valence-corrected chi connectivity index (χ3v) is 16.4. The lowest BCUT2D eigenvalue weighted by Crippen LogP contribution is -2.36. The highest BCUT2D eigenvalue weighted by atomic mass is 32.1. The van der Waals surface area contributed by atoms with Crippen LogP contribution in [0.5, 0.6) is 0 Å². The van der Waals surface area contributed by atoms with E-state index >= 15 is 0 Å². The van der Waals surface area contributed by atoms with E-state index in [1.165, 1.54) is 130 Å². The largest absolute Gasteiger partial charge is 0.338 e. The first-order valence-electron chi connectivity index (χ1n) is 22.8. The quantitative estimate of drug-likeness (QED) is 0.174. The summed E-state index contributed by atoms with van der Waals surface area (Å²) >= 11 is 3.81. The van der Waals surface area contributed by atoms with E-state index in [4.69, 9.17) is 0 Å². The van der Waals surface area contributed by atoms with Crippen molar-refractivity contribution in [2.45, 2.75) is 0 Å². The molecule has 0 spiro atoms. The summed E-state index contributed by atoms with van der Waals surface area (Å²) in [5, 5.41) is 5.23. The molecular weight excluding hydrogens is 837 g/mol. The Morgan fingerprint density at radius 3 is 1.11 bits per heavy atom. The van der Waals surface area contributed by atoms with Gasteiger partial charge < -0.3 is 9.80 Å². The Morgan fingerprint density at radius 2 is 0.606 bits per heavy atom. The Morgan fingerprint density at radius 1 is 0.273 bits per heavy atom. The Bertz CT molecular complexity index is 3900. The summed E-state index contributed by atoms with van der Waals surface area (Å²) in [5.74, 6) is 0. The molecule has 0 radical (unpaired) electrons. The Kier molecular flexibility index (Phi) is 8.49. The van der Waals surface area contributed by atoms with Crippen molar-refractivity contribution < 1.29 is 0 Å². The summed E-state index contributed by atoms with van der Waals surface area (Å²) in [6.45, 7) is 1.72. The summed E-state index contributed by atoms with van der Waals surface area (Å²) in [6.07, 6.45) is 0. The molecule has 66 heavy (non-hydrogen) atoms. The Balaban J connectivity index is 1.14. The van der Waals surface area contributed by atoms with Crippen molar-refractivity contribution in [3.63, 3.8) is 0 Å². The zero-order valence-electron chi connectivity index (χ0n) is 35.9. The molecule has 0 saturated carbocycles. The van der Waals surface area contributed by atoms with E-state index in [9.17, 15) is 0 Å². The van der Waals surface area contributed by atoms with Gasteiger partial charge in [-0.2, -0.15) is 0 Å². The van der Waals surface area contributed by atoms with Crippen LogP contribution in [0.1, 0.15) is 0 Å². The standard InChI is InChI=1S/C62H40N2S2/c1-3-17-39(18-4-1)63-35-36-64(40-19-5-2-6-20-40)56-38-54-48-28-14-27-47(52-32-16-30-50-44-24-10-12-34-58(44)66-62(50)52)60(48)59-45(41-21-7-8-22-42(41)53(54)37-55(56)63)25-13-26-46(59)51-31-15-29-49-43-23-9-11-33-57(43)65-61(49)51/h1-34,37-38H,35-36H2. The summed E-state index contributed by atoms with van der Waals surface area (Å²) in [4.78, 5) is 5.05. The fourth-order valence-electron chi connectivity index (χ4n) is 11.1. The number of benzene rings is 10. The van der Waals surface area contributed by atoms with Crippen molar-refractivity contribution in [3.05, 3.63) is 218 Å². The first-order valence-corrected chi connectivity index (χ1v) is 24.4. The first kappa shape index (κ1) is 37.6. The molecule has 0 unspecified atom stereocenters. The number of hydrogen-bond acceptors (Lipinski definition) is 4. The number of fused-ring (bicyclic) bond motifs is 15. The Hall–Kier alpha value is -7.76. The molecular formula is C62H40N2S2. The van der Waals surface area contributed by atoms with Gasteiger partial charge in [-0.1, -0.05) is 170 Å². The third kappa shape index (κ3) is 5.65. The third-order valence-electron chi connectivity index (χ3n) is 13.9. The van der Waals surface area contributed by atoms with Crippen LogP contribution in [0, 0.1) is 0 Å². The van der Waals surface area contributed by atoms with Crippen LogP contribution >= 0.6 is 22.7 Å². The molecule has 310 valence electrons. The fraction of sp³-hybridized carbons (Fsp3) is 0.0323. The van der Waals surface area contributed by atoms with Crippen LogP contribution in [0.2, 0.25) is 0 Å². The molecule has 2 aliphatic rings. The van der Waals surface area contributed by atoms with Gasteiger partial charge in [0.1, 0.15) is 0 Å². The van der Waals surface area contributed by atoms with Gasteiger partial charge in [-0.05, 0) is 104 Å². The van der Waals surface area contributed by atoms with Crippen molar-refractivity contribution >= 4 is 85.8 Å². The second kappa shape index (κ2) is 14.9. The van der Waals surface area contributed by atoms with Crippen molar-refractivity contribution in [1.29, 1.82) is 0 Å². The highest BCUT2D eigenvalue weighted by Crippen LogP contribution is 2.57. The average molecular weight is 877 g/mol. The van der Waals surface area contributed by atoms with Crippen LogP contribution in [0.15, 0.2) is 218 Å². The summed E-state index contributed by atoms with van der Waals surface area (Å²) in [6, 6.07) is 81.8. The number of hydrogen-bond donors (Lipinski definition) is 0. The predicted molar refractivity (Wildman–Crippen MR) is 285 cm³/mol. The molecule has 0 amide bonds. The molecule has 0 fully saturated rings. The van der Waals surface area contributed by atoms with E-state index in [0.29, 0.717) is 0 Å². The van der Waals surface area contributed by atoms with Crippen molar-refractivity contribution in [3.8, 4) is 66.8 Å². The predicted octanol–water partition coefficient (Wildman–Crippen LogP) is 18.0. The molecule has 0 bridgehead atoms. The molecule has 14 rings (SSSR count). The summed E-state index contributed by atoms with van der Waals surface area (Å²) in [5.41, 5.74) is 19.8. The van der Waals surface area contributed by atoms with Crippen molar-refractivity contribution in [2.75, 3.05) is 22.9 Å². The van der Waals surface area contributed by atoms with Crippen LogP contribution in [0.4, 0.5) is 22.7 Å². The maximum atomic E-state index is 2.53. The van der Waals surface area contributed by atoms with Crippen LogP contribution in [0.25, 0.3) is 107 Å². The van der Waals surface area contributed by atoms with E-state index in [2.05, 4.69) is 228 Å². The van der Waals surface area contributed by atoms with E-state index in [1.54, 1.807) is 0 Å². The molecule has 2 nitrogen and oxygen atoms in total. The first-order chi connectivity index (χ1) is 32.8. The van der Waals surface area contributed by atoms with E-state index in [0.717, 1.165) is 13.1 Å². The molecule has 1 aliphatic carbocycles. The van der Waals surface area contributed by atoms with Gasteiger partial charge >= 0.3 is 0 Å². The maximum Gasteiger partial charge on any atom is 0.0659 e. The molecule has 4 heteroatoms. The molecule has 0 N–H and O–H groups in total. The monoisotopic (exact) mass is 876 g/mol. The molecule has 12 aromatic rings. The topological polar surface area (TPSA) is 6.48 Å². The smallest absolute Gasteiger partial charge is 0.0659 e. The molecule has 2 aromatic heterocycles. The van der Waals surface area contributed by atoms with Crippen molar-refractivity contribution in [1.82, 2.24) is 0 Å². The second-order valence-corrected chi connectivity index (χ2v) is 19.5.